The van der Waals surface area contributed by atoms with E-state index < -0.39 is 0 Å². The van der Waals surface area contributed by atoms with Crippen molar-refractivity contribution in [2.75, 3.05) is 43.1 Å². The molecule has 3 aromatic rings. The van der Waals surface area contributed by atoms with Crippen molar-refractivity contribution in [3.05, 3.63) is 53.1 Å². The molecular formula is C20H19ClN4O3S. The molecule has 0 spiro atoms. The fraction of sp³-hybridized carbons (Fsp3) is 0.250. The predicted molar refractivity (Wildman–Crippen MR) is 115 cm³/mol. The van der Waals surface area contributed by atoms with Gasteiger partial charge in [-0.15, -0.1) is 0 Å². The lowest BCUT2D eigenvalue weighted by atomic mass is 10.2. The summed E-state index contributed by atoms with van der Waals surface area (Å²) in [6, 6.07) is 12.2. The lowest BCUT2D eigenvalue weighted by molar-refractivity contribution is -0.115. The van der Waals surface area contributed by atoms with E-state index in [0.29, 0.717) is 29.5 Å². The van der Waals surface area contributed by atoms with Gasteiger partial charge in [0, 0.05) is 29.4 Å². The summed E-state index contributed by atoms with van der Waals surface area (Å²) in [5.74, 6) is -0.659. The number of morpholine rings is 1. The van der Waals surface area contributed by atoms with E-state index >= 15 is 0 Å². The number of thiazole rings is 1. The molecular weight excluding hydrogens is 412 g/mol. The molecule has 0 atom stereocenters. The van der Waals surface area contributed by atoms with Crippen molar-refractivity contribution >= 4 is 55.8 Å². The van der Waals surface area contributed by atoms with Crippen LogP contribution < -0.4 is 15.5 Å². The van der Waals surface area contributed by atoms with Crippen LogP contribution in [0.4, 0.5) is 10.8 Å². The minimum atomic E-state index is -0.351. The average Bonchev–Trinajstić information content (AvgIpc) is 3.16. The summed E-state index contributed by atoms with van der Waals surface area (Å²) in [7, 11) is 0. The Morgan fingerprint density at radius 1 is 1.17 bits per heavy atom. The first-order valence-corrected chi connectivity index (χ1v) is 10.3. The molecule has 0 bridgehead atoms. The Morgan fingerprint density at radius 2 is 2.00 bits per heavy atom. The van der Waals surface area contributed by atoms with E-state index in [4.69, 9.17) is 16.3 Å². The van der Waals surface area contributed by atoms with Crippen molar-refractivity contribution < 1.29 is 14.3 Å². The van der Waals surface area contributed by atoms with Gasteiger partial charge in [-0.3, -0.25) is 9.59 Å². The Bertz CT molecular complexity index is 1050. The van der Waals surface area contributed by atoms with Crippen LogP contribution in [-0.4, -0.2) is 49.6 Å². The van der Waals surface area contributed by atoms with Crippen LogP contribution in [0, 0.1) is 0 Å². The normalized spacial score (nSPS) is 14.0. The molecule has 2 amide bonds. The maximum absolute atomic E-state index is 12.2. The molecule has 0 saturated carbocycles. The zero-order valence-corrected chi connectivity index (χ0v) is 17.1. The SMILES string of the molecule is O=C(CNC(=O)c1cccc(Cl)c1)Nc1ccc2nc(N3CCOCC3)sc2c1. The van der Waals surface area contributed by atoms with Crippen molar-refractivity contribution in [2.45, 2.75) is 0 Å². The van der Waals surface area contributed by atoms with E-state index in [0.717, 1.165) is 28.4 Å². The lowest BCUT2D eigenvalue weighted by Crippen LogP contribution is -2.36. The fourth-order valence-corrected chi connectivity index (χ4v) is 4.22. The summed E-state index contributed by atoms with van der Waals surface area (Å²) in [6.07, 6.45) is 0. The monoisotopic (exact) mass is 430 g/mol. The molecule has 0 aliphatic carbocycles. The van der Waals surface area contributed by atoms with Gasteiger partial charge in [0.25, 0.3) is 5.91 Å². The smallest absolute Gasteiger partial charge is 0.251 e. The summed E-state index contributed by atoms with van der Waals surface area (Å²) in [4.78, 5) is 31.2. The van der Waals surface area contributed by atoms with E-state index in [1.54, 1.807) is 35.6 Å². The highest BCUT2D eigenvalue weighted by molar-refractivity contribution is 7.22. The lowest BCUT2D eigenvalue weighted by Gasteiger charge is -2.25. The Hall–Kier alpha value is -2.68. The molecule has 1 fully saturated rings. The number of anilines is 2. The Morgan fingerprint density at radius 3 is 2.79 bits per heavy atom. The second-order valence-electron chi connectivity index (χ2n) is 6.52. The molecule has 1 aliphatic heterocycles. The topological polar surface area (TPSA) is 83.6 Å². The first-order chi connectivity index (χ1) is 14.1. The zero-order valence-electron chi connectivity index (χ0n) is 15.5. The zero-order chi connectivity index (χ0) is 20.2. The molecule has 1 aliphatic rings. The Balaban J connectivity index is 1.37. The highest BCUT2D eigenvalue weighted by Gasteiger charge is 2.16. The van der Waals surface area contributed by atoms with Crippen molar-refractivity contribution in [3.63, 3.8) is 0 Å². The number of nitrogens with one attached hydrogen (secondary N) is 2. The largest absolute Gasteiger partial charge is 0.378 e. The number of hydrogen-bond donors (Lipinski definition) is 2. The van der Waals surface area contributed by atoms with Crippen LogP contribution in [0.1, 0.15) is 10.4 Å². The predicted octanol–water partition coefficient (Wildman–Crippen LogP) is 3.15. The number of benzene rings is 2. The number of nitrogens with zero attached hydrogens (tertiary/aromatic N) is 2. The number of carbonyl (C=O) groups is 2. The van der Waals surface area contributed by atoms with E-state index in [-0.39, 0.29) is 18.4 Å². The number of halogens is 1. The summed E-state index contributed by atoms with van der Waals surface area (Å²) < 4.78 is 6.38. The van der Waals surface area contributed by atoms with E-state index in [1.165, 1.54) is 0 Å². The van der Waals surface area contributed by atoms with Gasteiger partial charge in [0.15, 0.2) is 5.13 Å². The molecule has 0 radical (unpaired) electrons. The molecule has 2 aromatic carbocycles. The van der Waals surface area contributed by atoms with Gasteiger partial charge in [-0.25, -0.2) is 4.98 Å². The number of amides is 2. The van der Waals surface area contributed by atoms with Crippen molar-refractivity contribution in [3.8, 4) is 0 Å². The highest BCUT2D eigenvalue weighted by Crippen LogP contribution is 2.31. The van der Waals surface area contributed by atoms with Crippen LogP contribution in [0.3, 0.4) is 0 Å². The maximum Gasteiger partial charge on any atom is 0.251 e. The fourth-order valence-electron chi connectivity index (χ4n) is 2.98. The number of ether oxygens (including phenoxy) is 1. The van der Waals surface area contributed by atoms with Crippen LogP contribution in [0.2, 0.25) is 5.02 Å². The van der Waals surface area contributed by atoms with Crippen LogP contribution in [-0.2, 0) is 9.53 Å². The van der Waals surface area contributed by atoms with E-state index in [2.05, 4.69) is 20.5 Å². The maximum atomic E-state index is 12.2. The van der Waals surface area contributed by atoms with Crippen LogP contribution in [0.25, 0.3) is 10.2 Å². The quantitative estimate of drug-likeness (QED) is 0.649. The molecule has 9 heteroatoms. The van der Waals surface area contributed by atoms with Crippen molar-refractivity contribution in [1.82, 2.24) is 10.3 Å². The third kappa shape index (κ3) is 4.84. The number of hydrogen-bond acceptors (Lipinski definition) is 6. The van der Waals surface area contributed by atoms with Crippen molar-refractivity contribution in [1.29, 1.82) is 0 Å². The van der Waals surface area contributed by atoms with Gasteiger partial charge >= 0.3 is 0 Å². The van der Waals surface area contributed by atoms with Gasteiger partial charge in [-0.1, -0.05) is 29.0 Å². The molecule has 2 heterocycles. The first-order valence-electron chi connectivity index (χ1n) is 9.15. The van der Waals surface area contributed by atoms with Gasteiger partial charge in [-0.2, -0.15) is 0 Å². The molecule has 1 aromatic heterocycles. The van der Waals surface area contributed by atoms with E-state index in [9.17, 15) is 9.59 Å². The van der Waals surface area contributed by atoms with Crippen molar-refractivity contribution in [2.24, 2.45) is 0 Å². The second kappa shape index (κ2) is 8.77. The average molecular weight is 431 g/mol. The van der Waals surface area contributed by atoms with E-state index in [1.807, 2.05) is 18.2 Å². The number of carbonyl (C=O) groups excluding carboxylic acids is 2. The van der Waals surface area contributed by atoms with Gasteiger partial charge < -0.3 is 20.3 Å². The summed E-state index contributed by atoms with van der Waals surface area (Å²) in [6.45, 7) is 2.94. The van der Waals surface area contributed by atoms with Crippen LogP contribution in [0.15, 0.2) is 42.5 Å². The standard InChI is InChI=1S/C20H19ClN4O3S/c21-14-3-1-2-13(10-14)19(27)22-12-18(26)23-15-4-5-16-17(11-15)29-20(24-16)25-6-8-28-9-7-25/h1-5,10-11H,6-9,12H2,(H,22,27)(H,23,26). The number of rotatable bonds is 5. The third-order valence-corrected chi connectivity index (χ3v) is 5.75. The second-order valence-corrected chi connectivity index (χ2v) is 7.97. The minimum Gasteiger partial charge on any atom is -0.378 e. The number of fused-ring (bicyclic) bond motifs is 1. The van der Waals surface area contributed by atoms with Crippen LogP contribution in [0.5, 0.6) is 0 Å². The van der Waals surface area contributed by atoms with Gasteiger partial charge in [-0.05, 0) is 36.4 Å². The Labute approximate surface area is 176 Å². The molecule has 29 heavy (non-hydrogen) atoms. The number of aromatic nitrogens is 1. The molecule has 0 unspecified atom stereocenters. The first kappa shape index (κ1) is 19.6. The summed E-state index contributed by atoms with van der Waals surface area (Å²) in [5, 5.41) is 6.83. The molecule has 4 rings (SSSR count). The summed E-state index contributed by atoms with van der Waals surface area (Å²) >= 11 is 7.47. The summed E-state index contributed by atoms with van der Waals surface area (Å²) in [5.41, 5.74) is 1.97. The van der Waals surface area contributed by atoms with Crippen LogP contribution >= 0.6 is 22.9 Å². The van der Waals surface area contributed by atoms with Gasteiger partial charge in [0.2, 0.25) is 5.91 Å². The van der Waals surface area contributed by atoms with Gasteiger partial charge in [0.1, 0.15) is 0 Å². The third-order valence-electron chi connectivity index (χ3n) is 4.44. The van der Waals surface area contributed by atoms with Gasteiger partial charge in [0.05, 0.1) is 30.0 Å². The minimum absolute atomic E-state index is 0.134. The molecule has 7 nitrogen and oxygen atoms in total. The Kier molecular flexibility index (Phi) is 5.94. The molecule has 2 N–H and O–H groups in total. The molecule has 150 valence electrons. The highest BCUT2D eigenvalue weighted by atomic mass is 35.5. The molecule has 1 saturated heterocycles.